The van der Waals surface area contributed by atoms with Crippen LogP contribution in [0.2, 0.25) is 0 Å². The van der Waals surface area contributed by atoms with Gasteiger partial charge in [-0.15, -0.1) is 0 Å². The molecule has 0 aliphatic carbocycles. The number of aromatic nitrogens is 1. The Hall–Kier alpha value is -2.89. The number of hydrogen-bond acceptors (Lipinski definition) is 5. The molecule has 0 saturated heterocycles. The highest BCUT2D eigenvalue weighted by Gasteiger charge is 2.22. The van der Waals surface area contributed by atoms with Crippen molar-refractivity contribution < 1.29 is 12.8 Å². The van der Waals surface area contributed by atoms with E-state index in [9.17, 15) is 18.5 Å². The van der Waals surface area contributed by atoms with Crippen LogP contribution in [-0.2, 0) is 17.1 Å². The highest BCUT2D eigenvalue weighted by atomic mass is 32.2. The first kappa shape index (κ1) is 17.0. The van der Waals surface area contributed by atoms with Crippen molar-refractivity contribution in [1.29, 1.82) is 5.26 Å². The standard InChI is InChI=1S/C17H15N3O4S/c1-11-3-5-12(6-4-11)14(10-18)19-25(22,23)13-7-8-15-16(9-13)24-17(21)20(15)2/h3-9,14,19H,1-2H3. The zero-order valence-electron chi connectivity index (χ0n) is 13.6. The van der Waals surface area contributed by atoms with Crippen molar-refractivity contribution in [2.75, 3.05) is 0 Å². The van der Waals surface area contributed by atoms with Crippen molar-refractivity contribution in [2.45, 2.75) is 17.9 Å². The van der Waals surface area contributed by atoms with Gasteiger partial charge < -0.3 is 4.42 Å². The molecule has 128 valence electrons. The molecule has 0 aliphatic heterocycles. The summed E-state index contributed by atoms with van der Waals surface area (Å²) in [5.74, 6) is -0.577. The average Bonchev–Trinajstić information content (AvgIpc) is 2.87. The van der Waals surface area contributed by atoms with Crippen LogP contribution >= 0.6 is 0 Å². The third kappa shape index (κ3) is 3.20. The first-order valence-electron chi connectivity index (χ1n) is 7.40. The summed E-state index contributed by atoms with van der Waals surface area (Å²) < 4.78 is 33.8. The Bertz CT molecular complexity index is 1140. The molecule has 7 nitrogen and oxygen atoms in total. The smallest absolute Gasteiger partial charge is 0.408 e. The lowest BCUT2D eigenvalue weighted by Gasteiger charge is -2.13. The van der Waals surface area contributed by atoms with Crippen LogP contribution in [0.5, 0.6) is 0 Å². The topological polar surface area (TPSA) is 105 Å². The van der Waals surface area contributed by atoms with Gasteiger partial charge in [0.1, 0.15) is 6.04 Å². The molecule has 25 heavy (non-hydrogen) atoms. The molecule has 3 rings (SSSR count). The van der Waals surface area contributed by atoms with E-state index in [1.54, 1.807) is 24.3 Å². The van der Waals surface area contributed by atoms with Crippen molar-refractivity contribution in [3.8, 4) is 6.07 Å². The van der Waals surface area contributed by atoms with E-state index < -0.39 is 21.8 Å². The molecule has 0 radical (unpaired) electrons. The predicted molar refractivity (Wildman–Crippen MR) is 91.3 cm³/mol. The summed E-state index contributed by atoms with van der Waals surface area (Å²) in [5.41, 5.74) is 2.20. The van der Waals surface area contributed by atoms with Gasteiger partial charge in [-0.2, -0.15) is 9.98 Å². The summed E-state index contributed by atoms with van der Waals surface area (Å²) in [7, 11) is -2.44. The van der Waals surface area contributed by atoms with Gasteiger partial charge in [-0.25, -0.2) is 13.2 Å². The number of rotatable bonds is 4. The highest BCUT2D eigenvalue weighted by Crippen LogP contribution is 2.21. The molecular formula is C17H15N3O4S. The van der Waals surface area contributed by atoms with Crippen molar-refractivity contribution in [3.63, 3.8) is 0 Å². The van der Waals surface area contributed by atoms with E-state index >= 15 is 0 Å². The summed E-state index contributed by atoms with van der Waals surface area (Å²) in [5, 5.41) is 9.33. The van der Waals surface area contributed by atoms with E-state index in [0.29, 0.717) is 11.1 Å². The quantitative estimate of drug-likeness (QED) is 0.769. The lowest BCUT2D eigenvalue weighted by atomic mass is 10.1. The fraction of sp³-hybridized carbons (Fsp3) is 0.176. The zero-order chi connectivity index (χ0) is 18.2. The van der Waals surface area contributed by atoms with Crippen LogP contribution in [0, 0.1) is 18.3 Å². The maximum atomic E-state index is 12.6. The van der Waals surface area contributed by atoms with Gasteiger partial charge in [0.15, 0.2) is 5.58 Å². The Labute approximate surface area is 144 Å². The molecular weight excluding hydrogens is 342 g/mol. The molecule has 0 spiro atoms. The van der Waals surface area contributed by atoms with Crippen molar-refractivity contribution in [1.82, 2.24) is 9.29 Å². The molecule has 1 aromatic heterocycles. The Morgan fingerprint density at radius 1 is 1.20 bits per heavy atom. The molecule has 0 fully saturated rings. The summed E-state index contributed by atoms with van der Waals surface area (Å²) >= 11 is 0. The minimum atomic E-state index is -3.97. The Balaban J connectivity index is 1.97. The minimum absolute atomic E-state index is 0.0817. The van der Waals surface area contributed by atoms with Crippen LogP contribution < -0.4 is 10.5 Å². The molecule has 3 aromatic rings. The third-order valence-corrected chi connectivity index (χ3v) is 5.31. The van der Waals surface area contributed by atoms with E-state index in [2.05, 4.69) is 4.72 Å². The van der Waals surface area contributed by atoms with E-state index in [1.807, 2.05) is 13.0 Å². The summed E-state index contributed by atoms with van der Waals surface area (Å²) in [6.45, 7) is 1.90. The number of fused-ring (bicyclic) bond motifs is 1. The van der Waals surface area contributed by atoms with Crippen LogP contribution in [0.1, 0.15) is 17.2 Å². The van der Waals surface area contributed by atoms with Crippen molar-refractivity contribution in [2.24, 2.45) is 7.05 Å². The second kappa shape index (κ2) is 6.20. The second-order valence-electron chi connectivity index (χ2n) is 5.65. The van der Waals surface area contributed by atoms with Crippen LogP contribution in [0.4, 0.5) is 0 Å². The van der Waals surface area contributed by atoms with Crippen molar-refractivity contribution >= 4 is 21.1 Å². The molecule has 0 bridgehead atoms. The van der Waals surface area contributed by atoms with Crippen LogP contribution in [-0.4, -0.2) is 13.0 Å². The molecule has 1 atom stereocenters. The van der Waals surface area contributed by atoms with Gasteiger partial charge in [0.05, 0.1) is 16.5 Å². The summed E-state index contributed by atoms with van der Waals surface area (Å²) in [6, 6.07) is 12.0. The second-order valence-corrected chi connectivity index (χ2v) is 7.36. The van der Waals surface area contributed by atoms with Gasteiger partial charge in [-0.05, 0) is 24.6 Å². The Kier molecular flexibility index (Phi) is 4.20. The maximum Gasteiger partial charge on any atom is 0.419 e. The van der Waals surface area contributed by atoms with Gasteiger partial charge in [0.2, 0.25) is 10.0 Å². The SMILES string of the molecule is Cc1ccc(C(C#N)NS(=O)(=O)c2ccc3c(c2)oc(=O)n3C)cc1. The molecule has 0 amide bonds. The molecule has 8 heteroatoms. The fourth-order valence-corrected chi connectivity index (χ4v) is 3.58. The first-order chi connectivity index (χ1) is 11.8. The monoisotopic (exact) mass is 357 g/mol. The minimum Gasteiger partial charge on any atom is -0.408 e. The zero-order valence-corrected chi connectivity index (χ0v) is 14.4. The lowest BCUT2D eigenvalue weighted by Crippen LogP contribution is -2.27. The third-order valence-electron chi connectivity index (χ3n) is 3.89. The maximum absolute atomic E-state index is 12.6. The molecule has 1 unspecified atom stereocenters. The molecule has 1 N–H and O–H groups in total. The number of sulfonamides is 1. The van der Waals surface area contributed by atoms with Gasteiger partial charge in [0.25, 0.3) is 0 Å². The number of benzene rings is 2. The summed E-state index contributed by atoms with van der Waals surface area (Å²) in [4.78, 5) is 11.4. The van der Waals surface area contributed by atoms with E-state index in [0.717, 1.165) is 5.56 Å². The average molecular weight is 357 g/mol. The van der Waals surface area contributed by atoms with Gasteiger partial charge in [-0.1, -0.05) is 29.8 Å². The summed E-state index contributed by atoms with van der Waals surface area (Å²) in [6.07, 6.45) is 0. The fourth-order valence-electron chi connectivity index (χ4n) is 2.43. The number of nitrogens with one attached hydrogen (secondary N) is 1. The Morgan fingerprint density at radius 2 is 1.88 bits per heavy atom. The molecule has 0 aliphatic rings. The number of hydrogen-bond donors (Lipinski definition) is 1. The van der Waals surface area contributed by atoms with E-state index in [-0.39, 0.29) is 10.5 Å². The van der Waals surface area contributed by atoms with Gasteiger partial charge in [-0.3, -0.25) is 4.57 Å². The predicted octanol–water partition coefficient (Wildman–Crippen LogP) is 1.98. The first-order valence-corrected chi connectivity index (χ1v) is 8.88. The number of oxazole rings is 1. The number of nitriles is 1. The van der Waals surface area contributed by atoms with Gasteiger partial charge in [0, 0.05) is 13.1 Å². The van der Waals surface area contributed by atoms with Crippen LogP contribution in [0.3, 0.4) is 0 Å². The largest absolute Gasteiger partial charge is 0.419 e. The van der Waals surface area contributed by atoms with Crippen LogP contribution in [0.25, 0.3) is 11.1 Å². The lowest BCUT2D eigenvalue weighted by molar-refractivity contribution is 0.527. The highest BCUT2D eigenvalue weighted by molar-refractivity contribution is 7.89. The van der Waals surface area contributed by atoms with Crippen molar-refractivity contribution in [3.05, 3.63) is 64.1 Å². The normalized spacial score (nSPS) is 12.8. The molecule has 0 saturated carbocycles. The van der Waals surface area contributed by atoms with E-state index in [4.69, 9.17) is 4.42 Å². The molecule has 2 aromatic carbocycles. The van der Waals surface area contributed by atoms with Gasteiger partial charge >= 0.3 is 5.76 Å². The Morgan fingerprint density at radius 3 is 2.52 bits per heavy atom. The molecule has 1 heterocycles. The van der Waals surface area contributed by atoms with E-state index in [1.165, 1.54) is 29.8 Å². The number of aryl methyl sites for hydroxylation is 2. The number of nitrogens with zero attached hydrogens (tertiary/aromatic N) is 2. The van der Waals surface area contributed by atoms with Crippen LogP contribution in [0.15, 0.2) is 56.6 Å².